The molecule has 0 unspecified atom stereocenters. The van der Waals surface area contributed by atoms with E-state index < -0.39 is 7.26 Å². The van der Waals surface area contributed by atoms with E-state index in [1.54, 1.807) is 6.26 Å². The van der Waals surface area contributed by atoms with E-state index in [2.05, 4.69) is 91.0 Å². The summed E-state index contributed by atoms with van der Waals surface area (Å²) < 4.78 is 11.6. The highest BCUT2D eigenvalue weighted by Gasteiger charge is 2.46. The molecule has 0 amide bonds. The van der Waals surface area contributed by atoms with Gasteiger partial charge < -0.3 is 21.2 Å². The predicted molar refractivity (Wildman–Crippen MR) is 128 cm³/mol. The predicted octanol–water partition coefficient (Wildman–Crippen LogP) is 2.74. The van der Waals surface area contributed by atoms with Crippen molar-refractivity contribution >= 4 is 23.2 Å². The molecule has 5 heteroatoms. The van der Waals surface area contributed by atoms with Crippen LogP contribution in [0.1, 0.15) is 11.5 Å². The molecule has 0 saturated heterocycles. The molecule has 2 aromatic heterocycles. The molecule has 0 fully saturated rings. The fourth-order valence-corrected chi connectivity index (χ4v) is 8.30. The molecular weight excluding hydrogens is 437 g/mol. The first-order chi connectivity index (χ1) is 15.3. The number of benzene rings is 3. The van der Waals surface area contributed by atoms with Gasteiger partial charge in [-0.05, 0) is 55.5 Å². The minimum absolute atomic E-state index is 0. The van der Waals surface area contributed by atoms with Crippen LogP contribution >= 0.6 is 7.26 Å². The minimum Gasteiger partial charge on any atom is -1.00 e. The summed E-state index contributed by atoms with van der Waals surface area (Å²) in [4.78, 5) is 4.88. The van der Waals surface area contributed by atoms with Gasteiger partial charge in [-0.1, -0.05) is 54.6 Å². The fraction of sp³-hybridized carbons (Fsp3) is 0.0741. The maximum Gasteiger partial charge on any atom is 0.263 e. The Morgan fingerprint density at radius 2 is 1.19 bits per heavy atom. The zero-order valence-corrected chi connectivity index (χ0v) is 19.3. The molecule has 0 saturated carbocycles. The van der Waals surface area contributed by atoms with Gasteiger partial charge >= 0.3 is 0 Å². The summed E-state index contributed by atoms with van der Waals surface area (Å²) >= 11 is 0. The highest BCUT2D eigenvalue weighted by molar-refractivity contribution is 7.95. The third kappa shape index (κ3) is 4.02. The number of rotatable bonds is 6. The Balaban J connectivity index is 0.00000245. The van der Waals surface area contributed by atoms with Crippen LogP contribution in [0.25, 0.3) is 11.7 Å². The Hall–Kier alpha value is -3.13. The van der Waals surface area contributed by atoms with Crippen LogP contribution in [0.5, 0.6) is 0 Å². The Labute approximate surface area is 194 Å². The van der Waals surface area contributed by atoms with E-state index in [1.165, 1.54) is 15.9 Å². The number of furan rings is 1. The number of halogens is 1. The lowest BCUT2D eigenvalue weighted by atomic mass is 10.3. The van der Waals surface area contributed by atoms with Crippen LogP contribution in [0.15, 0.2) is 118 Å². The number of aryl methyl sites for hydroxylation is 1. The Morgan fingerprint density at radius 3 is 1.62 bits per heavy atom. The van der Waals surface area contributed by atoms with Gasteiger partial charge in [0.2, 0.25) is 0 Å². The zero-order valence-electron chi connectivity index (χ0n) is 17.7. The number of hydrogen-bond acceptors (Lipinski definition) is 3. The van der Waals surface area contributed by atoms with Gasteiger partial charge in [0.05, 0.1) is 6.26 Å². The van der Waals surface area contributed by atoms with E-state index in [9.17, 15) is 0 Å². The molecule has 2 heterocycles. The van der Waals surface area contributed by atoms with Crippen molar-refractivity contribution in [3.63, 3.8) is 0 Å². The van der Waals surface area contributed by atoms with E-state index in [0.29, 0.717) is 11.7 Å². The van der Waals surface area contributed by atoms with Gasteiger partial charge in [0.25, 0.3) is 5.89 Å². The molecule has 5 rings (SSSR count). The van der Waals surface area contributed by atoms with Gasteiger partial charge in [-0.25, -0.2) is 4.98 Å². The molecule has 0 aliphatic heterocycles. The summed E-state index contributed by atoms with van der Waals surface area (Å²) in [6.07, 6.45) is 2.42. The van der Waals surface area contributed by atoms with Crippen LogP contribution in [0, 0.1) is 6.92 Å². The molecule has 5 aromatic rings. The van der Waals surface area contributed by atoms with Crippen LogP contribution in [0.4, 0.5) is 0 Å². The van der Waals surface area contributed by atoms with Crippen molar-refractivity contribution in [1.82, 2.24) is 4.98 Å². The molecule has 0 aliphatic rings. The lowest BCUT2D eigenvalue weighted by Crippen LogP contribution is -3.00. The monoisotopic (exact) mass is 459 g/mol. The Bertz CT molecular complexity index is 1160. The Kier molecular flexibility index (Phi) is 6.60. The largest absolute Gasteiger partial charge is 1.00 e. The summed E-state index contributed by atoms with van der Waals surface area (Å²) in [7, 11) is -2.02. The van der Waals surface area contributed by atoms with Crippen molar-refractivity contribution < 1.29 is 21.2 Å². The standard InChI is InChI=1S/C27H23NO2P.ClH/c1-21-25(28-27(30-21)26-18-11-19-29-26)20-31(22-12-5-2-6-13-22,23-14-7-3-8-15-23)24-16-9-4-10-17-24;/h2-19H,20H2,1H3;1H/q+1;/p-1. The van der Waals surface area contributed by atoms with Crippen LogP contribution < -0.4 is 28.3 Å². The van der Waals surface area contributed by atoms with Crippen molar-refractivity contribution in [2.75, 3.05) is 0 Å². The first-order valence-corrected chi connectivity index (χ1v) is 12.3. The SMILES string of the molecule is Cc1oc(-c2ccco2)nc1C[P+](c1ccccc1)(c1ccccc1)c1ccccc1.[Cl-]. The van der Waals surface area contributed by atoms with Gasteiger partial charge in [0, 0.05) is 0 Å². The van der Waals surface area contributed by atoms with Crippen molar-refractivity contribution in [2.24, 2.45) is 0 Å². The molecule has 32 heavy (non-hydrogen) atoms. The number of oxazole rings is 1. The summed E-state index contributed by atoms with van der Waals surface area (Å²) in [5.41, 5.74) is 0.969. The lowest BCUT2D eigenvalue weighted by molar-refractivity contribution is -0.00000715. The molecule has 0 N–H and O–H groups in total. The smallest absolute Gasteiger partial charge is 0.263 e. The molecule has 160 valence electrons. The first kappa shape index (κ1) is 22.1. The molecule has 0 bridgehead atoms. The van der Waals surface area contributed by atoms with E-state index in [4.69, 9.17) is 13.8 Å². The number of hydrogen-bond donors (Lipinski definition) is 0. The Morgan fingerprint density at radius 1 is 0.688 bits per heavy atom. The average molecular weight is 460 g/mol. The van der Waals surface area contributed by atoms with Crippen molar-refractivity contribution in [3.8, 4) is 11.7 Å². The zero-order chi connectivity index (χ0) is 21.1. The van der Waals surface area contributed by atoms with Gasteiger partial charge in [-0.2, -0.15) is 0 Å². The van der Waals surface area contributed by atoms with E-state index >= 15 is 0 Å². The maximum atomic E-state index is 6.03. The topological polar surface area (TPSA) is 39.2 Å². The third-order valence-corrected chi connectivity index (χ3v) is 9.92. The molecule has 0 atom stereocenters. The second-order valence-electron chi connectivity index (χ2n) is 7.47. The maximum absolute atomic E-state index is 6.03. The normalized spacial score (nSPS) is 11.2. The van der Waals surface area contributed by atoms with Crippen molar-refractivity contribution in [1.29, 1.82) is 0 Å². The van der Waals surface area contributed by atoms with Gasteiger partial charge in [-0.3, -0.25) is 0 Å². The van der Waals surface area contributed by atoms with Crippen LogP contribution in [-0.4, -0.2) is 4.98 Å². The highest BCUT2D eigenvalue weighted by atomic mass is 35.5. The average Bonchev–Trinajstić information content (AvgIpc) is 3.49. The van der Waals surface area contributed by atoms with Crippen LogP contribution in [0.3, 0.4) is 0 Å². The number of aromatic nitrogens is 1. The quantitative estimate of drug-likeness (QED) is 0.367. The summed E-state index contributed by atoms with van der Waals surface area (Å²) in [5.74, 6) is 2.01. The number of nitrogens with zero attached hydrogens (tertiary/aromatic N) is 1. The van der Waals surface area contributed by atoms with Gasteiger partial charge in [0.15, 0.2) is 5.76 Å². The molecule has 3 aromatic carbocycles. The van der Waals surface area contributed by atoms with Crippen LogP contribution in [0.2, 0.25) is 0 Å². The van der Waals surface area contributed by atoms with Gasteiger partial charge in [-0.15, -0.1) is 0 Å². The van der Waals surface area contributed by atoms with E-state index in [1.807, 2.05) is 19.1 Å². The molecule has 3 nitrogen and oxygen atoms in total. The lowest BCUT2D eigenvalue weighted by Gasteiger charge is -2.27. The summed E-state index contributed by atoms with van der Waals surface area (Å²) in [5, 5.41) is 3.98. The van der Waals surface area contributed by atoms with Gasteiger partial charge in [0.1, 0.15) is 40.8 Å². The molecule has 0 spiro atoms. The highest BCUT2D eigenvalue weighted by Crippen LogP contribution is 2.58. The van der Waals surface area contributed by atoms with E-state index in [-0.39, 0.29) is 12.4 Å². The third-order valence-electron chi connectivity index (χ3n) is 5.60. The second kappa shape index (κ2) is 9.56. The van der Waals surface area contributed by atoms with Crippen LogP contribution in [-0.2, 0) is 6.16 Å². The fourth-order valence-electron chi connectivity index (χ4n) is 4.07. The first-order valence-electron chi connectivity index (χ1n) is 10.3. The molecular formula is C27H23ClNO2P. The summed E-state index contributed by atoms with van der Waals surface area (Å²) in [6, 6.07) is 36.2. The van der Waals surface area contributed by atoms with Crippen molar-refractivity contribution in [2.45, 2.75) is 13.1 Å². The molecule has 0 radical (unpaired) electrons. The molecule has 0 aliphatic carbocycles. The second-order valence-corrected chi connectivity index (χ2v) is 11.0. The minimum atomic E-state index is -2.02. The van der Waals surface area contributed by atoms with E-state index in [0.717, 1.165) is 17.6 Å². The summed E-state index contributed by atoms with van der Waals surface area (Å²) in [6.45, 7) is 1.99. The van der Waals surface area contributed by atoms with Crippen molar-refractivity contribution in [3.05, 3.63) is 121 Å².